The maximum atomic E-state index is 12.7. The first-order valence-corrected chi connectivity index (χ1v) is 24.0. The number of quaternary nitrogens is 1. The molecule has 0 aromatic rings. The summed E-state index contributed by atoms with van der Waals surface area (Å²) in [6, 6.07) is 0. The molecule has 12 nitrogen and oxygen atoms in total. The van der Waals surface area contributed by atoms with Crippen molar-refractivity contribution >= 4 is 25.5 Å². The lowest BCUT2D eigenvalue weighted by molar-refractivity contribution is -0.870. The Morgan fingerprint density at radius 1 is 0.797 bits per heavy atom. The lowest BCUT2D eigenvalue weighted by atomic mass is 9.88. The van der Waals surface area contributed by atoms with Crippen molar-refractivity contribution in [2.24, 2.45) is 11.8 Å². The van der Waals surface area contributed by atoms with Crippen molar-refractivity contribution in [3.8, 4) is 0 Å². The fourth-order valence-corrected chi connectivity index (χ4v) is 7.37. The average Bonchev–Trinajstić information content (AvgIpc) is 3.44. The Morgan fingerprint density at radius 3 is 2.05 bits per heavy atom. The molecule has 59 heavy (non-hydrogen) atoms. The third kappa shape index (κ3) is 30.3. The molecule has 0 radical (unpaired) electrons. The zero-order valence-electron chi connectivity index (χ0n) is 37.2. The second kappa shape index (κ2) is 33.2. The number of phosphoric acid groups is 1. The van der Waals surface area contributed by atoms with E-state index < -0.39 is 50.6 Å². The van der Waals surface area contributed by atoms with E-state index in [-0.39, 0.29) is 44.2 Å². The zero-order valence-corrected chi connectivity index (χ0v) is 38.1. The number of aliphatic hydroxyl groups is 2. The molecule has 0 aliphatic heterocycles. The number of phosphoric ester groups is 1. The molecule has 3 N–H and O–H groups in total. The minimum absolute atomic E-state index is 0.00443. The predicted molar refractivity (Wildman–Crippen MR) is 234 cm³/mol. The van der Waals surface area contributed by atoms with Crippen LogP contribution in [0.1, 0.15) is 149 Å². The normalized spacial score (nSPS) is 19.7. The standard InChI is InChI=1S/C46H80NO11P/c1-6-8-10-11-12-13-14-15-16-17-18-19-20-21-27-31-46(52)58-40(38-57-59(53,54)56-35-34-47(3,4)5)37-55-45(51)30-26-23-22-25-29-41-42(44(50)36-43(41)49)33-32-39(48)28-24-9-7-2/h12-13,15-16,18-19,32-33,39-43,48-49H,6-11,14,17,20-31,34-38H2,1-5H3/p+1/b13-12-,16-15-,19-18-,33-32+/t39-,40+,41+,42+,43-/m0/s1. The van der Waals surface area contributed by atoms with Crippen molar-refractivity contribution < 1.29 is 57.1 Å². The molecule has 1 aliphatic carbocycles. The van der Waals surface area contributed by atoms with Crippen LogP contribution in [0.2, 0.25) is 0 Å². The summed E-state index contributed by atoms with van der Waals surface area (Å²) in [5, 5.41) is 20.8. The Balaban J connectivity index is 2.50. The van der Waals surface area contributed by atoms with Crippen LogP contribution in [0.15, 0.2) is 48.6 Å². The molecule has 0 amide bonds. The fraction of sp³-hybridized carbons (Fsp3) is 0.761. The molecule has 0 spiro atoms. The summed E-state index contributed by atoms with van der Waals surface area (Å²) < 4.78 is 34.2. The lowest BCUT2D eigenvalue weighted by Gasteiger charge is -2.24. The van der Waals surface area contributed by atoms with Gasteiger partial charge in [-0.2, -0.15) is 0 Å². The highest BCUT2D eigenvalue weighted by Crippen LogP contribution is 2.43. The monoisotopic (exact) mass is 855 g/mol. The van der Waals surface area contributed by atoms with Gasteiger partial charge in [-0.3, -0.25) is 23.4 Å². The summed E-state index contributed by atoms with van der Waals surface area (Å²) in [6.45, 7) is 3.96. The van der Waals surface area contributed by atoms with Gasteiger partial charge in [0.05, 0.1) is 40.0 Å². The van der Waals surface area contributed by atoms with Gasteiger partial charge in [0.15, 0.2) is 6.10 Å². The molecule has 13 heteroatoms. The highest BCUT2D eigenvalue weighted by Gasteiger charge is 2.39. The topological polar surface area (TPSA) is 166 Å². The second-order valence-electron chi connectivity index (χ2n) is 16.9. The molecule has 6 atom stereocenters. The Kier molecular flexibility index (Phi) is 30.7. The summed E-state index contributed by atoms with van der Waals surface area (Å²) in [7, 11) is 1.31. The van der Waals surface area contributed by atoms with Gasteiger partial charge in [0.25, 0.3) is 0 Å². The van der Waals surface area contributed by atoms with E-state index in [1.807, 2.05) is 21.1 Å². The van der Waals surface area contributed by atoms with Crippen LogP contribution >= 0.6 is 7.82 Å². The molecule has 1 saturated carbocycles. The highest BCUT2D eigenvalue weighted by atomic mass is 31.2. The molecule has 1 aliphatic rings. The fourth-order valence-electron chi connectivity index (χ4n) is 6.63. The molecule has 0 heterocycles. The molecule has 0 bridgehead atoms. The summed E-state index contributed by atoms with van der Waals surface area (Å²) in [5.74, 6) is -1.57. The van der Waals surface area contributed by atoms with Crippen LogP contribution in [0.3, 0.4) is 0 Å². The van der Waals surface area contributed by atoms with Crippen molar-refractivity contribution in [3.63, 3.8) is 0 Å². The third-order valence-corrected chi connectivity index (χ3v) is 11.2. The minimum Gasteiger partial charge on any atom is -0.462 e. The van der Waals surface area contributed by atoms with E-state index in [1.165, 1.54) is 19.3 Å². The molecular weight excluding hydrogens is 773 g/mol. The van der Waals surface area contributed by atoms with Gasteiger partial charge in [0.2, 0.25) is 0 Å². The number of allylic oxidation sites excluding steroid dienone is 7. The van der Waals surface area contributed by atoms with E-state index in [0.29, 0.717) is 36.7 Å². The molecule has 1 rings (SSSR count). The number of hydrogen-bond donors (Lipinski definition) is 3. The van der Waals surface area contributed by atoms with Crippen molar-refractivity contribution in [1.82, 2.24) is 0 Å². The zero-order chi connectivity index (χ0) is 43.8. The number of ketones is 1. The molecular formula is C46H81NO11P+. The first kappa shape index (κ1) is 54.6. The van der Waals surface area contributed by atoms with Gasteiger partial charge in [-0.05, 0) is 70.1 Å². The number of ether oxygens (including phenoxy) is 2. The average molecular weight is 855 g/mol. The lowest BCUT2D eigenvalue weighted by Crippen LogP contribution is -2.37. The van der Waals surface area contributed by atoms with Crippen LogP contribution < -0.4 is 0 Å². The quantitative estimate of drug-likeness (QED) is 0.0181. The van der Waals surface area contributed by atoms with E-state index >= 15 is 0 Å². The Morgan fingerprint density at radius 2 is 1.39 bits per heavy atom. The highest BCUT2D eigenvalue weighted by molar-refractivity contribution is 7.47. The van der Waals surface area contributed by atoms with E-state index in [9.17, 15) is 34.1 Å². The number of unbranched alkanes of at least 4 members (excludes halogenated alkanes) is 10. The predicted octanol–water partition coefficient (Wildman–Crippen LogP) is 9.27. The maximum Gasteiger partial charge on any atom is 0.472 e. The first-order chi connectivity index (χ1) is 28.2. The Labute approximate surface area is 356 Å². The summed E-state index contributed by atoms with van der Waals surface area (Å²) >= 11 is 0. The molecule has 1 unspecified atom stereocenters. The number of aliphatic hydroxyl groups excluding tert-OH is 2. The molecule has 0 aromatic heterocycles. The molecule has 340 valence electrons. The largest absolute Gasteiger partial charge is 0.472 e. The van der Waals surface area contributed by atoms with Crippen LogP contribution in [-0.4, -0.2) is 103 Å². The SMILES string of the molecule is CCCCC/C=C\C/C=C\C/C=C\CCCCC(=O)O[C@H](COC(=O)CCCCCC[C@H]1[C@@H](O)CC(=O)[C@@H]1/C=C/[C@@H](O)CCCCC)COP(=O)(O)OCC[N+](C)(C)C. The summed E-state index contributed by atoms with van der Waals surface area (Å²) in [6.07, 6.45) is 30.7. The van der Waals surface area contributed by atoms with Crippen LogP contribution in [-0.2, 0) is 37.5 Å². The number of esters is 2. The van der Waals surface area contributed by atoms with Gasteiger partial charge in [-0.1, -0.05) is 114 Å². The van der Waals surface area contributed by atoms with Gasteiger partial charge in [0, 0.05) is 25.2 Å². The first-order valence-electron chi connectivity index (χ1n) is 22.5. The van der Waals surface area contributed by atoms with Crippen molar-refractivity contribution in [2.45, 2.75) is 167 Å². The molecule has 1 fully saturated rings. The number of likely N-dealkylation sites (N-methyl/N-ethyl adjacent to an activating group) is 1. The Hall–Kier alpha value is -2.44. The number of hydrogen-bond acceptors (Lipinski definition) is 10. The van der Waals surface area contributed by atoms with Gasteiger partial charge >= 0.3 is 19.8 Å². The number of nitrogens with zero attached hydrogens (tertiary/aromatic N) is 1. The van der Waals surface area contributed by atoms with E-state index in [2.05, 4.69) is 50.3 Å². The van der Waals surface area contributed by atoms with E-state index in [0.717, 1.165) is 70.6 Å². The maximum absolute atomic E-state index is 12.7. The summed E-state index contributed by atoms with van der Waals surface area (Å²) in [4.78, 5) is 48.1. The third-order valence-electron chi connectivity index (χ3n) is 10.2. The van der Waals surface area contributed by atoms with Crippen molar-refractivity contribution in [3.05, 3.63) is 48.6 Å². The number of Topliss-reactive ketones (excluding diaryl/α,β-unsaturated/α-hetero) is 1. The molecule has 0 aromatic carbocycles. The number of rotatable bonds is 36. The van der Waals surface area contributed by atoms with E-state index in [1.54, 1.807) is 12.2 Å². The van der Waals surface area contributed by atoms with Crippen LogP contribution in [0.4, 0.5) is 0 Å². The minimum atomic E-state index is -4.45. The van der Waals surface area contributed by atoms with Gasteiger partial charge in [0.1, 0.15) is 25.5 Å². The van der Waals surface area contributed by atoms with Crippen molar-refractivity contribution in [2.75, 3.05) is 47.5 Å². The van der Waals surface area contributed by atoms with Crippen LogP contribution in [0.5, 0.6) is 0 Å². The van der Waals surface area contributed by atoms with Crippen LogP contribution in [0.25, 0.3) is 0 Å². The van der Waals surface area contributed by atoms with Crippen molar-refractivity contribution in [1.29, 1.82) is 0 Å². The van der Waals surface area contributed by atoms with Crippen LogP contribution in [0, 0.1) is 11.8 Å². The number of carbonyl (C=O) groups excluding carboxylic acids is 3. The van der Waals surface area contributed by atoms with E-state index in [4.69, 9.17) is 18.5 Å². The summed E-state index contributed by atoms with van der Waals surface area (Å²) in [5.41, 5.74) is 0. The smallest absolute Gasteiger partial charge is 0.462 e. The number of carbonyl (C=O) groups is 3. The van der Waals surface area contributed by atoms with Gasteiger partial charge in [-0.25, -0.2) is 4.57 Å². The second-order valence-corrected chi connectivity index (χ2v) is 18.3. The molecule has 0 saturated heterocycles. The van der Waals surface area contributed by atoms with Gasteiger partial charge < -0.3 is 29.1 Å². The van der Waals surface area contributed by atoms with Gasteiger partial charge in [-0.15, -0.1) is 0 Å². The Bertz CT molecular complexity index is 1310.